The summed E-state index contributed by atoms with van der Waals surface area (Å²) in [6, 6.07) is 10.3. The molecule has 3 rings (SSSR count). The van der Waals surface area contributed by atoms with Gasteiger partial charge in [0.2, 0.25) is 5.91 Å². The van der Waals surface area contributed by atoms with E-state index in [0.29, 0.717) is 31.7 Å². The maximum Gasteiger partial charge on any atom is 0.270 e. The molecular formula is C18H23N3O3. The topological polar surface area (TPSA) is 71.0 Å². The summed E-state index contributed by atoms with van der Waals surface area (Å²) >= 11 is 0. The molecule has 2 unspecified atom stereocenters. The Kier molecular flexibility index (Phi) is 5.25. The lowest BCUT2D eigenvalue weighted by Gasteiger charge is -2.38. The third kappa shape index (κ3) is 4.00. The van der Waals surface area contributed by atoms with Crippen LogP contribution in [-0.2, 0) is 20.7 Å². The van der Waals surface area contributed by atoms with E-state index in [9.17, 15) is 9.59 Å². The SMILES string of the molecule is CC1COC(CCc2ccccc2)CN1C(=O)C1=NNC(=O)CC1. The van der Waals surface area contributed by atoms with Crippen molar-refractivity contribution in [1.29, 1.82) is 0 Å². The van der Waals surface area contributed by atoms with Gasteiger partial charge in [0.15, 0.2) is 0 Å². The molecule has 0 spiro atoms. The van der Waals surface area contributed by atoms with Gasteiger partial charge in [-0.25, -0.2) is 5.43 Å². The van der Waals surface area contributed by atoms with Crippen molar-refractivity contribution in [1.82, 2.24) is 10.3 Å². The molecule has 0 aromatic heterocycles. The number of ether oxygens (including phenoxy) is 1. The molecule has 1 aromatic rings. The van der Waals surface area contributed by atoms with Crippen LogP contribution in [0.2, 0.25) is 0 Å². The van der Waals surface area contributed by atoms with Crippen LogP contribution in [0.3, 0.4) is 0 Å². The van der Waals surface area contributed by atoms with Crippen molar-refractivity contribution >= 4 is 17.5 Å². The van der Waals surface area contributed by atoms with Gasteiger partial charge in [-0.1, -0.05) is 30.3 Å². The molecule has 0 bridgehead atoms. The molecule has 2 aliphatic rings. The van der Waals surface area contributed by atoms with Crippen molar-refractivity contribution in [2.75, 3.05) is 13.2 Å². The van der Waals surface area contributed by atoms with Crippen LogP contribution >= 0.6 is 0 Å². The Labute approximate surface area is 141 Å². The monoisotopic (exact) mass is 329 g/mol. The summed E-state index contributed by atoms with van der Waals surface area (Å²) in [4.78, 5) is 25.7. The van der Waals surface area contributed by atoms with Gasteiger partial charge in [0, 0.05) is 19.4 Å². The van der Waals surface area contributed by atoms with E-state index < -0.39 is 0 Å². The Morgan fingerprint density at radius 3 is 2.83 bits per heavy atom. The van der Waals surface area contributed by atoms with E-state index in [1.54, 1.807) is 0 Å². The van der Waals surface area contributed by atoms with E-state index in [1.807, 2.05) is 30.0 Å². The minimum Gasteiger partial charge on any atom is -0.374 e. The van der Waals surface area contributed by atoms with Crippen molar-refractivity contribution in [3.05, 3.63) is 35.9 Å². The molecule has 6 heteroatoms. The van der Waals surface area contributed by atoms with Gasteiger partial charge in [0.1, 0.15) is 5.71 Å². The molecule has 2 aliphatic heterocycles. The highest BCUT2D eigenvalue weighted by Gasteiger charge is 2.32. The predicted octanol–water partition coefficient (Wildman–Crippen LogP) is 1.50. The quantitative estimate of drug-likeness (QED) is 0.910. The van der Waals surface area contributed by atoms with E-state index >= 15 is 0 Å². The molecule has 2 atom stereocenters. The maximum absolute atomic E-state index is 12.7. The van der Waals surface area contributed by atoms with Gasteiger partial charge in [0.25, 0.3) is 5.91 Å². The van der Waals surface area contributed by atoms with Gasteiger partial charge >= 0.3 is 0 Å². The van der Waals surface area contributed by atoms with Crippen LogP contribution in [0.15, 0.2) is 35.4 Å². The molecule has 1 fully saturated rings. The normalized spacial score (nSPS) is 24.3. The number of amides is 2. The molecule has 0 saturated carbocycles. The Morgan fingerprint density at radius 1 is 1.33 bits per heavy atom. The zero-order valence-electron chi connectivity index (χ0n) is 13.9. The third-order valence-electron chi connectivity index (χ3n) is 4.52. The molecule has 1 aromatic carbocycles. The number of hydrogen-bond donors (Lipinski definition) is 1. The Hall–Kier alpha value is -2.21. The Bertz CT molecular complexity index is 630. The fraction of sp³-hybridized carbons (Fsp3) is 0.500. The second kappa shape index (κ2) is 7.57. The lowest BCUT2D eigenvalue weighted by atomic mass is 10.0. The second-order valence-electron chi connectivity index (χ2n) is 6.38. The zero-order valence-corrected chi connectivity index (χ0v) is 13.9. The van der Waals surface area contributed by atoms with Crippen LogP contribution in [0.5, 0.6) is 0 Å². The molecule has 0 aliphatic carbocycles. The first kappa shape index (κ1) is 16.6. The van der Waals surface area contributed by atoms with E-state index in [4.69, 9.17) is 4.74 Å². The van der Waals surface area contributed by atoms with Crippen molar-refractivity contribution in [3.63, 3.8) is 0 Å². The smallest absolute Gasteiger partial charge is 0.270 e. The lowest BCUT2D eigenvalue weighted by Crippen LogP contribution is -2.53. The van der Waals surface area contributed by atoms with E-state index in [-0.39, 0.29) is 24.0 Å². The van der Waals surface area contributed by atoms with Gasteiger partial charge < -0.3 is 9.64 Å². The highest BCUT2D eigenvalue weighted by molar-refractivity contribution is 6.39. The summed E-state index contributed by atoms with van der Waals surface area (Å²) in [5, 5.41) is 3.92. The minimum atomic E-state index is -0.137. The number of aryl methyl sites for hydroxylation is 1. The molecule has 128 valence electrons. The van der Waals surface area contributed by atoms with Gasteiger partial charge in [-0.05, 0) is 25.3 Å². The number of morpholine rings is 1. The standard InChI is InChI=1S/C18H23N3O3/c1-13-12-24-15(8-7-14-5-3-2-4-6-14)11-21(13)18(23)16-9-10-17(22)20-19-16/h2-6,13,15H,7-12H2,1H3,(H,20,22). The molecule has 6 nitrogen and oxygen atoms in total. The van der Waals surface area contributed by atoms with Gasteiger partial charge in [0.05, 0.1) is 18.8 Å². The van der Waals surface area contributed by atoms with Crippen LogP contribution in [-0.4, -0.2) is 47.7 Å². The van der Waals surface area contributed by atoms with Crippen molar-refractivity contribution in [2.45, 2.75) is 44.8 Å². The zero-order chi connectivity index (χ0) is 16.9. The number of hydrazone groups is 1. The number of carbonyl (C=O) groups excluding carboxylic acids is 2. The van der Waals surface area contributed by atoms with Crippen LogP contribution in [0.1, 0.15) is 31.7 Å². The van der Waals surface area contributed by atoms with Crippen LogP contribution in [0.4, 0.5) is 0 Å². The van der Waals surface area contributed by atoms with Crippen LogP contribution < -0.4 is 5.43 Å². The third-order valence-corrected chi connectivity index (χ3v) is 4.52. The first-order valence-corrected chi connectivity index (χ1v) is 8.45. The molecule has 2 amide bonds. The predicted molar refractivity (Wildman–Crippen MR) is 90.5 cm³/mol. The lowest BCUT2D eigenvalue weighted by molar-refractivity contribution is -0.137. The van der Waals surface area contributed by atoms with Crippen LogP contribution in [0.25, 0.3) is 0 Å². The van der Waals surface area contributed by atoms with Gasteiger partial charge in [-0.2, -0.15) is 5.10 Å². The highest BCUT2D eigenvalue weighted by atomic mass is 16.5. The summed E-state index contributed by atoms with van der Waals surface area (Å²) in [6.45, 7) is 3.08. The van der Waals surface area contributed by atoms with E-state index in [0.717, 1.165) is 12.8 Å². The first-order valence-electron chi connectivity index (χ1n) is 8.45. The molecule has 24 heavy (non-hydrogen) atoms. The van der Waals surface area contributed by atoms with Gasteiger partial charge in [-0.15, -0.1) is 0 Å². The van der Waals surface area contributed by atoms with E-state index in [2.05, 4.69) is 22.7 Å². The first-order chi connectivity index (χ1) is 11.6. The fourth-order valence-electron chi connectivity index (χ4n) is 3.04. The summed E-state index contributed by atoms with van der Waals surface area (Å²) in [6.07, 6.45) is 2.57. The Balaban J connectivity index is 1.59. The van der Waals surface area contributed by atoms with E-state index in [1.165, 1.54) is 5.56 Å². The Morgan fingerprint density at radius 2 is 2.12 bits per heavy atom. The maximum atomic E-state index is 12.7. The molecule has 1 N–H and O–H groups in total. The van der Waals surface area contributed by atoms with Crippen molar-refractivity contribution in [3.8, 4) is 0 Å². The number of nitrogens with one attached hydrogen (secondary N) is 1. The summed E-state index contributed by atoms with van der Waals surface area (Å²) in [5.41, 5.74) is 4.11. The van der Waals surface area contributed by atoms with Gasteiger partial charge in [-0.3, -0.25) is 9.59 Å². The van der Waals surface area contributed by atoms with Crippen molar-refractivity contribution < 1.29 is 14.3 Å². The average Bonchev–Trinajstić information content (AvgIpc) is 2.62. The van der Waals surface area contributed by atoms with Crippen molar-refractivity contribution in [2.24, 2.45) is 5.10 Å². The molecule has 0 radical (unpaired) electrons. The number of benzene rings is 1. The summed E-state index contributed by atoms with van der Waals surface area (Å²) < 4.78 is 5.89. The molecular weight excluding hydrogens is 306 g/mol. The minimum absolute atomic E-state index is 0.0193. The molecule has 2 heterocycles. The number of nitrogens with zero attached hydrogens (tertiary/aromatic N) is 2. The highest BCUT2D eigenvalue weighted by Crippen LogP contribution is 2.18. The largest absolute Gasteiger partial charge is 0.374 e. The number of hydrogen-bond acceptors (Lipinski definition) is 4. The van der Waals surface area contributed by atoms with Crippen LogP contribution in [0, 0.1) is 0 Å². The second-order valence-corrected chi connectivity index (χ2v) is 6.38. The number of rotatable bonds is 4. The number of carbonyl (C=O) groups is 2. The average molecular weight is 329 g/mol. The molecule has 1 saturated heterocycles. The fourth-order valence-corrected chi connectivity index (χ4v) is 3.04. The summed E-state index contributed by atoms with van der Waals surface area (Å²) in [7, 11) is 0. The summed E-state index contributed by atoms with van der Waals surface area (Å²) in [5.74, 6) is -0.224.